The molecule has 1 aliphatic rings. The van der Waals surface area contributed by atoms with Crippen LogP contribution < -0.4 is 10.6 Å². The molecule has 0 radical (unpaired) electrons. The predicted octanol–water partition coefficient (Wildman–Crippen LogP) is 2.85. The minimum atomic E-state index is -0.102. The predicted molar refractivity (Wildman–Crippen MR) is 88.6 cm³/mol. The second-order valence-corrected chi connectivity index (χ2v) is 6.79. The van der Waals surface area contributed by atoms with Gasteiger partial charge in [0.1, 0.15) is 6.33 Å². The number of amides is 2. The monoisotopic (exact) mass is 313 g/mol. The molecule has 6 heteroatoms. The van der Waals surface area contributed by atoms with Gasteiger partial charge in [0.2, 0.25) is 0 Å². The van der Waals surface area contributed by atoms with Gasteiger partial charge in [0.15, 0.2) is 5.82 Å². The van der Waals surface area contributed by atoms with E-state index in [0.717, 1.165) is 29.8 Å². The molecule has 1 aromatic carbocycles. The molecule has 2 amide bonds. The quantitative estimate of drug-likeness (QED) is 0.811. The summed E-state index contributed by atoms with van der Waals surface area (Å²) in [4.78, 5) is 16.3. The lowest BCUT2D eigenvalue weighted by Gasteiger charge is -2.27. The fraction of sp³-hybridized carbons (Fsp3) is 0.471. The number of urea groups is 1. The molecule has 6 nitrogen and oxygen atoms in total. The number of carbonyl (C=O) groups excluding carboxylic acids is 1. The van der Waals surface area contributed by atoms with Crippen molar-refractivity contribution in [3.05, 3.63) is 36.2 Å². The van der Waals surface area contributed by atoms with Gasteiger partial charge in [-0.05, 0) is 29.9 Å². The largest absolute Gasteiger partial charge is 0.335 e. The standard InChI is InChI=1S/C17H23N5O/c1-17(2)8-4-7-14(17)21-16(23)18-10-12-5-3-6-13(9-12)15-19-11-20-22-15/h3,5-6,9,11,14H,4,7-8,10H2,1-2H3,(H2,18,21,23)(H,19,20,22)/t14-/m1/s1. The Morgan fingerprint density at radius 3 is 3.00 bits per heavy atom. The molecule has 0 spiro atoms. The van der Waals surface area contributed by atoms with Gasteiger partial charge in [-0.25, -0.2) is 9.78 Å². The molecule has 1 saturated carbocycles. The number of aromatic amines is 1. The molecule has 0 saturated heterocycles. The maximum atomic E-state index is 12.1. The Morgan fingerprint density at radius 1 is 1.43 bits per heavy atom. The van der Waals surface area contributed by atoms with Crippen LogP contribution in [0.3, 0.4) is 0 Å². The zero-order chi connectivity index (χ0) is 16.3. The maximum absolute atomic E-state index is 12.1. The summed E-state index contributed by atoms with van der Waals surface area (Å²) in [6, 6.07) is 8.05. The average molecular weight is 313 g/mol. The van der Waals surface area contributed by atoms with Crippen molar-refractivity contribution in [1.29, 1.82) is 0 Å². The van der Waals surface area contributed by atoms with Crippen LogP contribution in [0.5, 0.6) is 0 Å². The van der Waals surface area contributed by atoms with E-state index in [1.54, 1.807) is 0 Å². The number of nitrogens with one attached hydrogen (secondary N) is 3. The van der Waals surface area contributed by atoms with E-state index in [4.69, 9.17) is 0 Å². The molecule has 0 bridgehead atoms. The number of hydrogen-bond donors (Lipinski definition) is 3. The van der Waals surface area contributed by atoms with Crippen molar-refractivity contribution in [2.45, 2.75) is 45.7 Å². The SMILES string of the molecule is CC1(C)CCC[C@H]1NC(=O)NCc1cccc(-c2ncn[nH]2)c1. The van der Waals surface area contributed by atoms with Gasteiger partial charge in [0.05, 0.1) is 0 Å². The van der Waals surface area contributed by atoms with Crippen molar-refractivity contribution < 1.29 is 4.79 Å². The van der Waals surface area contributed by atoms with Gasteiger partial charge in [0, 0.05) is 18.2 Å². The van der Waals surface area contributed by atoms with Crippen molar-refractivity contribution >= 4 is 6.03 Å². The highest BCUT2D eigenvalue weighted by atomic mass is 16.2. The summed E-state index contributed by atoms with van der Waals surface area (Å²) in [6.45, 7) is 4.92. The summed E-state index contributed by atoms with van der Waals surface area (Å²) >= 11 is 0. The van der Waals surface area contributed by atoms with Gasteiger partial charge < -0.3 is 10.6 Å². The number of benzene rings is 1. The van der Waals surface area contributed by atoms with E-state index in [1.165, 1.54) is 12.7 Å². The van der Waals surface area contributed by atoms with E-state index in [9.17, 15) is 4.79 Å². The van der Waals surface area contributed by atoms with Gasteiger partial charge in [-0.15, -0.1) is 0 Å². The highest BCUT2D eigenvalue weighted by Gasteiger charge is 2.35. The molecule has 1 aromatic heterocycles. The third kappa shape index (κ3) is 3.70. The van der Waals surface area contributed by atoms with Crippen LogP contribution in [0.25, 0.3) is 11.4 Å². The lowest BCUT2D eigenvalue weighted by Crippen LogP contribution is -2.46. The molecule has 23 heavy (non-hydrogen) atoms. The summed E-state index contributed by atoms with van der Waals surface area (Å²) in [7, 11) is 0. The van der Waals surface area contributed by atoms with Gasteiger partial charge in [-0.1, -0.05) is 38.5 Å². The van der Waals surface area contributed by atoms with Crippen LogP contribution in [-0.4, -0.2) is 27.3 Å². The molecule has 1 fully saturated rings. The molecule has 1 heterocycles. The van der Waals surface area contributed by atoms with E-state index < -0.39 is 0 Å². The second-order valence-electron chi connectivity index (χ2n) is 6.79. The fourth-order valence-electron chi connectivity index (χ4n) is 3.16. The second kappa shape index (κ2) is 6.40. The molecule has 0 aliphatic heterocycles. The van der Waals surface area contributed by atoms with Crippen LogP contribution in [0, 0.1) is 5.41 Å². The number of aromatic nitrogens is 3. The van der Waals surface area contributed by atoms with Crippen molar-refractivity contribution in [3.63, 3.8) is 0 Å². The third-order valence-corrected chi connectivity index (χ3v) is 4.63. The Labute approximate surface area is 136 Å². The first-order valence-corrected chi connectivity index (χ1v) is 8.04. The van der Waals surface area contributed by atoms with Gasteiger partial charge in [-0.2, -0.15) is 5.10 Å². The summed E-state index contributed by atoms with van der Waals surface area (Å²) in [5.41, 5.74) is 2.17. The summed E-state index contributed by atoms with van der Waals surface area (Å²) in [5, 5.41) is 12.7. The highest BCUT2D eigenvalue weighted by molar-refractivity contribution is 5.74. The average Bonchev–Trinajstić information content (AvgIpc) is 3.16. The van der Waals surface area contributed by atoms with Crippen molar-refractivity contribution in [3.8, 4) is 11.4 Å². The fourth-order valence-corrected chi connectivity index (χ4v) is 3.16. The number of rotatable bonds is 4. The zero-order valence-corrected chi connectivity index (χ0v) is 13.6. The minimum absolute atomic E-state index is 0.102. The highest BCUT2D eigenvalue weighted by Crippen LogP contribution is 2.37. The maximum Gasteiger partial charge on any atom is 0.315 e. The Morgan fingerprint density at radius 2 is 2.30 bits per heavy atom. The Hall–Kier alpha value is -2.37. The van der Waals surface area contributed by atoms with Crippen LogP contribution in [0.4, 0.5) is 4.79 Å². The molecular weight excluding hydrogens is 290 g/mol. The van der Waals surface area contributed by atoms with Gasteiger partial charge in [-0.3, -0.25) is 5.10 Å². The topological polar surface area (TPSA) is 82.7 Å². The first-order valence-electron chi connectivity index (χ1n) is 8.04. The molecule has 1 aliphatic carbocycles. The lowest BCUT2D eigenvalue weighted by molar-refractivity contribution is 0.222. The minimum Gasteiger partial charge on any atom is -0.335 e. The first-order chi connectivity index (χ1) is 11.0. The molecule has 0 unspecified atom stereocenters. The number of H-pyrrole nitrogens is 1. The number of hydrogen-bond acceptors (Lipinski definition) is 3. The van der Waals surface area contributed by atoms with Crippen molar-refractivity contribution in [2.24, 2.45) is 5.41 Å². The van der Waals surface area contributed by atoms with Crippen LogP contribution in [0.15, 0.2) is 30.6 Å². The van der Waals surface area contributed by atoms with Crippen LogP contribution in [0.1, 0.15) is 38.7 Å². The molecule has 1 atom stereocenters. The van der Waals surface area contributed by atoms with E-state index in [1.807, 2.05) is 24.3 Å². The summed E-state index contributed by atoms with van der Waals surface area (Å²) in [6.07, 6.45) is 4.88. The Bertz CT molecular complexity index is 665. The van der Waals surface area contributed by atoms with Crippen molar-refractivity contribution in [2.75, 3.05) is 0 Å². The molecular formula is C17H23N5O. The Kier molecular flexibility index (Phi) is 4.32. The molecule has 122 valence electrons. The summed E-state index contributed by atoms with van der Waals surface area (Å²) in [5.74, 6) is 0.726. The van der Waals surface area contributed by atoms with Gasteiger partial charge in [0.25, 0.3) is 0 Å². The van der Waals surface area contributed by atoms with E-state index in [2.05, 4.69) is 39.7 Å². The van der Waals surface area contributed by atoms with Crippen LogP contribution in [-0.2, 0) is 6.54 Å². The summed E-state index contributed by atoms with van der Waals surface area (Å²) < 4.78 is 0. The number of nitrogens with zero attached hydrogens (tertiary/aromatic N) is 2. The zero-order valence-electron chi connectivity index (χ0n) is 13.6. The Balaban J connectivity index is 1.56. The van der Waals surface area contributed by atoms with Gasteiger partial charge >= 0.3 is 6.03 Å². The van der Waals surface area contributed by atoms with Crippen LogP contribution in [0.2, 0.25) is 0 Å². The van der Waals surface area contributed by atoms with E-state index >= 15 is 0 Å². The lowest BCUT2D eigenvalue weighted by atomic mass is 9.87. The molecule has 2 aromatic rings. The van der Waals surface area contributed by atoms with E-state index in [-0.39, 0.29) is 17.5 Å². The number of carbonyl (C=O) groups is 1. The van der Waals surface area contributed by atoms with E-state index in [0.29, 0.717) is 6.54 Å². The normalized spacial score (nSPS) is 19.5. The van der Waals surface area contributed by atoms with Crippen LogP contribution >= 0.6 is 0 Å². The molecule has 3 rings (SSSR count). The smallest absolute Gasteiger partial charge is 0.315 e. The van der Waals surface area contributed by atoms with Crippen molar-refractivity contribution in [1.82, 2.24) is 25.8 Å². The first kappa shape index (κ1) is 15.5. The third-order valence-electron chi connectivity index (χ3n) is 4.63. The molecule has 3 N–H and O–H groups in total.